The normalized spacial score (nSPS) is 21.7. The highest BCUT2D eigenvalue weighted by molar-refractivity contribution is 9.10. The number of imidazole rings is 1. The second-order valence-electron chi connectivity index (χ2n) is 6.70. The van der Waals surface area contributed by atoms with Crippen LogP contribution in [-0.2, 0) is 0 Å². The van der Waals surface area contributed by atoms with Crippen LogP contribution in [0.2, 0.25) is 0 Å². The summed E-state index contributed by atoms with van der Waals surface area (Å²) in [5.41, 5.74) is 1.75. The molecule has 1 fully saturated rings. The van der Waals surface area contributed by atoms with E-state index in [0.29, 0.717) is 18.0 Å². The zero-order chi connectivity index (χ0) is 16.7. The third-order valence-corrected chi connectivity index (χ3v) is 5.50. The molecule has 1 N–H and O–H groups in total. The van der Waals surface area contributed by atoms with E-state index < -0.39 is 0 Å². The van der Waals surface area contributed by atoms with Gasteiger partial charge in [-0.05, 0) is 61.8 Å². The summed E-state index contributed by atoms with van der Waals surface area (Å²) in [5, 5.41) is 4.51. The Hall–Kier alpha value is -1.73. The first-order valence-corrected chi connectivity index (χ1v) is 9.12. The van der Waals surface area contributed by atoms with Gasteiger partial charge in [0.2, 0.25) is 5.95 Å². The molecule has 0 aromatic carbocycles. The highest BCUT2D eigenvalue weighted by Crippen LogP contribution is 2.26. The van der Waals surface area contributed by atoms with Gasteiger partial charge in [-0.15, -0.1) is 0 Å². The van der Waals surface area contributed by atoms with Crippen LogP contribution in [0.25, 0.3) is 16.7 Å². The van der Waals surface area contributed by atoms with Crippen LogP contribution in [0, 0.1) is 0 Å². The molecule has 1 aliphatic rings. The van der Waals surface area contributed by atoms with Crippen LogP contribution in [0.1, 0.15) is 25.7 Å². The number of anilines is 1. The first-order valence-electron chi connectivity index (χ1n) is 8.33. The number of fused-ring (bicyclic) bond motifs is 3. The van der Waals surface area contributed by atoms with E-state index in [1.54, 1.807) is 6.20 Å². The summed E-state index contributed by atoms with van der Waals surface area (Å²) in [6.07, 6.45) is 10.4. The van der Waals surface area contributed by atoms with E-state index in [-0.39, 0.29) is 0 Å². The van der Waals surface area contributed by atoms with Gasteiger partial charge >= 0.3 is 0 Å². The van der Waals surface area contributed by atoms with Crippen molar-refractivity contribution < 1.29 is 0 Å². The van der Waals surface area contributed by atoms with E-state index in [0.717, 1.165) is 34.0 Å². The summed E-state index contributed by atoms with van der Waals surface area (Å²) in [4.78, 5) is 15.9. The summed E-state index contributed by atoms with van der Waals surface area (Å²) >= 11 is 3.55. The largest absolute Gasteiger partial charge is 0.351 e. The quantitative estimate of drug-likeness (QED) is 0.745. The number of aromatic nitrogens is 4. The summed E-state index contributed by atoms with van der Waals surface area (Å²) in [5.74, 6) is 0.702. The number of pyridine rings is 1. The molecular formula is C17H21BrN6. The molecule has 3 aromatic heterocycles. The minimum absolute atomic E-state index is 0.451. The van der Waals surface area contributed by atoms with Crippen molar-refractivity contribution in [2.24, 2.45) is 0 Å². The molecule has 0 unspecified atom stereocenters. The molecule has 0 aliphatic heterocycles. The van der Waals surface area contributed by atoms with Crippen LogP contribution in [-0.4, -0.2) is 50.4 Å². The van der Waals surface area contributed by atoms with Crippen molar-refractivity contribution in [2.45, 2.75) is 37.8 Å². The fraction of sp³-hybridized carbons (Fsp3) is 0.471. The molecule has 6 nitrogen and oxygen atoms in total. The lowest BCUT2D eigenvalue weighted by molar-refractivity contribution is 0.221. The van der Waals surface area contributed by atoms with Crippen molar-refractivity contribution >= 4 is 38.6 Å². The van der Waals surface area contributed by atoms with Gasteiger partial charge in [0.05, 0.1) is 4.47 Å². The minimum Gasteiger partial charge on any atom is -0.351 e. The topological polar surface area (TPSA) is 58.3 Å². The Morgan fingerprint density at radius 2 is 1.96 bits per heavy atom. The monoisotopic (exact) mass is 388 g/mol. The van der Waals surface area contributed by atoms with Crippen molar-refractivity contribution in [1.82, 2.24) is 24.3 Å². The van der Waals surface area contributed by atoms with Crippen LogP contribution in [0.5, 0.6) is 0 Å². The highest BCUT2D eigenvalue weighted by atomic mass is 79.9. The second-order valence-corrected chi connectivity index (χ2v) is 7.55. The average Bonchev–Trinajstić information content (AvgIpc) is 3.07. The van der Waals surface area contributed by atoms with E-state index in [4.69, 9.17) is 4.98 Å². The van der Waals surface area contributed by atoms with Gasteiger partial charge in [0.25, 0.3) is 0 Å². The van der Waals surface area contributed by atoms with E-state index in [2.05, 4.69) is 50.2 Å². The predicted octanol–water partition coefficient (Wildman–Crippen LogP) is 3.32. The van der Waals surface area contributed by atoms with Crippen LogP contribution in [0.15, 0.2) is 29.1 Å². The standard InChI is InChI=1S/C17H21BrN6/c1-23(2)13-5-3-12(4-6-13)21-17-20-10-11-9-14(18)16-19-7-8-24(16)15(11)22-17/h7-10,12-13H,3-6H2,1-2H3,(H,20,21,22). The number of hydrogen-bond acceptors (Lipinski definition) is 5. The average molecular weight is 389 g/mol. The van der Waals surface area contributed by atoms with E-state index in [1.807, 2.05) is 22.9 Å². The molecule has 0 bridgehead atoms. The minimum atomic E-state index is 0.451. The van der Waals surface area contributed by atoms with Gasteiger partial charge < -0.3 is 10.2 Å². The smallest absolute Gasteiger partial charge is 0.224 e. The van der Waals surface area contributed by atoms with Gasteiger partial charge in [-0.25, -0.2) is 9.97 Å². The Kier molecular flexibility index (Phi) is 4.14. The lowest BCUT2D eigenvalue weighted by atomic mass is 9.91. The summed E-state index contributed by atoms with van der Waals surface area (Å²) < 4.78 is 2.95. The summed E-state index contributed by atoms with van der Waals surface area (Å²) in [7, 11) is 4.33. The molecular weight excluding hydrogens is 368 g/mol. The Morgan fingerprint density at radius 1 is 1.17 bits per heavy atom. The maximum atomic E-state index is 4.73. The SMILES string of the molecule is CN(C)C1CCC(Nc2ncc3cc(Br)c4nccn4c3n2)CC1. The van der Waals surface area contributed by atoms with Gasteiger partial charge in [-0.3, -0.25) is 4.40 Å². The Bertz CT molecular complexity index is 866. The number of halogens is 1. The second kappa shape index (κ2) is 6.29. The van der Waals surface area contributed by atoms with Crippen LogP contribution in [0.3, 0.4) is 0 Å². The Balaban J connectivity index is 1.58. The van der Waals surface area contributed by atoms with Gasteiger partial charge in [-0.2, -0.15) is 4.98 Å². The Labute approximate surface area is 149 Å². The highest BCUT2D eigenvalue weighted by Gasteiger charge is 2.23. The van der Waals surface area contributed by atoms with E-state index in [9.17, 15) is 0 Å². The van der Waals surface area contributed by atoms with Crippen LogP contribution >= 0.6 is 15.9 Å². The van der Waals surface area contributed by atoms with Gasteiger partial charge in [0, 0.05) is 36.1 Å². The molecule has 7 heteroatoms. The fourth-order valence-electron chi connectivity index (χ4n) is 3.52. The molecule has 1 aliphatic carbocycles. The van der Waals surface area contributed by atoms with E-state index in [1.165, 1.54) is 12.8 Å². The zero-order valence-corrected chi connectivity index (χ0v) is 15.5. The third-order valence-electron chi connectivity index (χ3n) is 4.92. The van der Waals surface area contributed by atoms with Crippen molar-refractivity contribution in [3.8, 4) is 0 Å². The number of nitrogens with zero attached hydrogens (tertiary/aromatic N) is 5. The van der Waals surface area contributed by atoms with Gasteiger partial charge in [0.1, 0.15) is 0 Å². The Morgan fingerprint density at radius 3 is 2.71 bits per heavy atom. The molecule has 0 atom stereocenters. The van der Waals surface area contributed by atoms with Crippen molar-refractivity contribution in [3.05, 3.63) is 29.1 Å². The first kappa shape index (κ1) is 15.8. The molecule has 0 saturated heterocycles. The molecule has 3 heterocycles. The molecule has 24 heavy (non-hydrogen) atoms. The molecule has 4 rings (SSSR count). The zero-order valence-electron chi connectivity index (χ0n) is 13.9. The number of hydrogen-bond donors (Lipinski definition) is 1. The maximum Gasteiger partial charge on any atom is 0.224 e. The van der Waals surface area contributed by atoms with Gasteiger partial charge in [0.15, 0.2) is 11.3 Å². The molecule has 0 amide bonds. The summed E-state index contributed by atoms with van der Waals surface area (Å²) in [6.45, 7) is 0. The third kappa shape index (κ3) is 2.86. The van der Waals surface area contributed by atoms with E-state index >= 15 is 0 Å². The van der Waals surface area contributed by atoms with Crippen LogP contribution < -0.4 is 5.32 Å². The predicted molar refractivity (Wildman–Crippen MR) is 99.3 cm³/mol. The lowest BCUT2D eigenvalue weighted by Gasteiger charge is -2.32. The molecule has 0 spiro atoms. The molecule has 3 aromatic rings. The molecule has 1 saturated carbocycles. The van der Waals surface area contributed by atoms with Crippen LogP contribution in [0.4, 0.5) is 5.95 Å². The maximum absolute atomic E-state index is 4.73. The first-order chi connectivity index (χ1) is 11.6. The van der Waals surface area contributed by atoms with Gasteiger partial charge in [-0.1, -0.05) is 0 Å². The molecule has 126 valence electrons. The number of rotatable bonds is 3. The fourth-order valence-corrected chi connectivity index (χ4v) is 4.06. The molecule has 0 radical (unpaired) electrons. The summed E-state index contributed by atoms with van der Waals surface area (Å²) in [6, 6.07) is 3.17. The van der Waals surface area contributed by atoms with Crippen molar-refractivity contribution in [1.29, 1.82) is 0 Å². The van der Waals surface area contributed by atoms with Crippen molar-refractivity contribution in [2.75, 3.05) is 19.4 Å². The lowest BCUT2D eigenvalue weighted by Crippen LogP contribution is -2.36. The number of nitrogens with one attached hydrogen (secondary N) is 1. The van der Waals surface area contributed by atoms with Crippen molar-refractivity contribution in [3.63, 3.8) is 0 Å².